The highest BCUT2D eigenvalue weighted by atomic mass is 35.5. The maximum absolute atomic E-state index is 11.4. The average Bonchev–Trinajstić information content (AvgIpc) is 2.91. The maximum atomic E-state index is 11.4. The summed E-state index contributed by atoms with van der Waals surface area (Å²) >= 11 is 14.3. The summed E-state index contributed by atoms with van der Waals surface area (Å²) in [6, 6.07) is 3.52. The number of aromatic nitrogens is 1. The van der Waals surface area contributed by atoms with Gasteiger partial charge in [0, 0.05) is 11.1 Å². The lowest BCUT2D eigenvalue weighted by atomic mass is 9.90. The van der Waals surface area contributed by atoms with Crippen molar-refractivity contribution in [2.24, 2.45) is 0 Å². The topological polar surface area (TPSA) is 62.3 Å². The molecule has 2 aromatic rings. The van der Waals surface area contributed by atoms with Gasteiger partial charge >= 0.3 is 5.97 Å². The van der Waals surface area contributed by atoms with Crippen molar-refractivity contribution in [3.8, 4) is 0 Å². The molecule has 0 amide bonds. The van der Waals surface area contributed by atoms with E-state index in [4.69, 9.17) is 27.9 Å². The molecule has 3 rings (SSSR count). The summed E-state index contributed by atoms with van der Waals surface area (Å²) in [6.45, 7) is 2.52. The zero-order valence-electron chi connectivity index (χ0n) is 12.6. The van der Waals surface area contributed by atoms with Gasteiger partial charge in [-0.1, -0.05) is 30.1 Å². The van der Waals surface area contributed by atoms with E-state index in [0.29, 0.717) is 28.8 Å². The number of hydrogen-bond donors (Lipinski definition) is 2. The van der Waals surface area contributed by atoms with Crippen LogP contribution in [0.5, 0.6) is 0 Å². The highest BCUT2D eigenvalue weighted by Crippen LogP contribution is 2.44. The van der Waals surface area contributed by atoms with Crippen molar-refractivity contribution < 1.29 is 14.6 Å². The fraction of sp³-hybridized carbons (Fsp3) is 0.438. The third-order valence-corrected chi connectivity index (χ3v) is 5.83. The van der Waals surface area contributed by atoms with Crippen molar-refractivity contribution in [3.05, 3.63) is 33.4 Å². The van der Waals surface area contributed by atoms with Crippen molar-refractivity contribution in [1.82, 2.24) is 4.98 Å². The number of fused-ring (bicyclic) bond motifs is 3. The number of carbonyl (C=O) groups is 1. The van der Waals surface area contributed by atoms with E-state index in [9.17, 15) is 9.90 Å². The predicted octanol–water partition coefficient (Wildman–Crippen LogP) is 4.47. The van der Waals surface area contributed by atoms with Crippen LogP contribution < -0.4 is 0 Å². The molecule has 2 N–H and O–H groups in total. The van der Waals surface area contributed by atoms with Gasteiger partial charge in [0.05, 0.1) is 34.3 Å². The first-order valence-corrected chi connectivity index (χ1v) is 9.32. The molecule has 2 heterocycles. The fourth-order valence-corrected chi connectivity index (χ4v) is 4.51. The minimum absolute atomic E-state index is 0.0882. The van der Waals surface area contributed by atoms with Crippen LogP contribution in [0.2, 0.25) is 10.0 Å². The third-order valence-electron chi connectivity index (χ3n) is 4.12. The molecule has 0 fully saturated rings. The molecule has 0 spiro atoms. The molecule has 1 aliphatic rings. The molecule has 0 radical (unpaired) electrons. The summed E-state index contributed by atoms with van der Waals surface area (Å²) in [4.78, 5) is 14.8. The van der Waals surface area contributed by atoms with Crippen molar-refractivity contribution in [2.75, 3.05) is 18.1 Å². The second-order valence-electron chi connectivity index (χ2n) is 5.56. The Bertz CT molecular complexity index is 761. The number of rotatable bonds is 5. The van der Waals surface area contributed by atoms with Crippen LogP contribution in [0.4, 0.5) is 0 Å². The molecule has 124 valence electrons. The van der Waals surface area contributed by atoms with Crippen molar-refractivity contribution in [2.45, 2.75) is 25.4 Å². The Labute approximate surface area is 148 Å². The number of carboxylic acids is 1. The van der Waals surface area contributed by atoms with Gasteiger partial charge in [-0.15, -0.1) is 0 Å². The van der Waals surface area contributed by atoms with Crippen molar-refractivity contribution in [3.63, 3.8) is 0 Å². The Balaban J connectivity index is 2.22. The van der Waals surface area contributed by atoms with Crippen LogP contribution in [0.1, 0.15) is 24.6 Å². The Hall–Kier alpha value is -0.880. The van der Waals surface area contributed by atoms with E-state index < -0.39 is 11.6 Å². The van der Waals surface area contributed by atoms with Gasteiger partial charge in [-0.3, -0.25) is 4.79 Å². The van der Waals surface area contributed by atoms with Crippen LogP contribution in [0, 0.1) is 0 Å². The zero-order chi connectivity index (χ0) is 16.6. The van der Waals surface area contributed by atoms with Gasteiger partial charge in [-0.05, 0) is 29.9 Å². The number of aliphatic carboxylic acids is 1. The molecule has 1 aromatic carbocycles. The quantitative estimate of drug-likeness (QED) is 0.811. The maximum Gasteiger partial charge on any atom is 0.306 e. The molecule has 1 atom stereocenters. The Morgan fingerprint density at radius 3 is 2.87 bits per heavy atom. The Morgan fingerprint density at radius 1 is 1.43 bits per heavy atom. The molecular formula is C16H17Cl2NO3S. The summed E-state index contributed by atoms with van der Waals surface area (Å²) in [5.41, 5.74) is 1.71. The Kier molecular flexibility index (Phi) is 4.83. The number of hydrogen-bond acceptors (Lipinski definition) is 3. The molecular weight excluding hydrogens is 357 g/mol. The summed E-state index contributed by atoms with van der Waals surface area (Å²) in [5.74, 6) is 0.581. The SMILES string of the molecule is CCSCC1(CC(=O)O)OCCc2c1[nH]c1c(Cl)ccc(Cl)c21. The fourth-order valence-electron chi connectivity index (χ4n) is 3.17. The number of benzene rings is 1. The van der Waals surface area contributed by atoms with Gasteiger partial charge in [-0.25, -0.2) is 0 Å². The molecule has 1 aliphatic heterocycles. The molecule has 23 heavy (non-hydrogen) atoms. The monoisotopic (exact) mass is 373 g/mol. The number of thioether (sulfide) groups is 1. The molecule has 0 bridgehead atoms. The van der Waals surface area contributed by atoms with Crippen LogP contribution in [0.3, 0.4) is 0 Å². The summed E-state index contributed by atoms with van der Waals surface area (Å²) < 4.78 is 6.00. The Morgan fingerprint density at radius 2 is 2.17 bits per heavy atom. The van der Waals surface area contributed by atoms with Crippen LogP contribution >= 0.6 is 35.0 Å². The number of ether oxygens (including phenoxy) is 1. The molecule has 0 saturated heterocycles. The number of aromatic amines is 1. The normalized spacial score (nSPS) is 20.7. The minimum atomic E-state index is -0.884. The van der Waals surface area contributed by atoms with Gasteiger partial charge < -0.3 is 14.8 Å². The van der Waals surface area contributed by atoms with Crippen molar-refractivity contribution >= 4 is 51.8 Å². The van der Waals surface area contributed by atoms with E-state index in [1.54, 1.807) is 23.9 Å². The smallest absolute Gasteiger partial charge is 0.306 e. The predicted molar refractivity (Wildman–Crippen MR) is 94.9 cm³/mol. The van der Waals surface area contributed by atoms with E-state index >= 15 is 0 Å². The number of H-pyrrole nitrogens is 1. The van der Waals surface area contributed by atoms with E-state index in [2.05, 4.69) is 4.98 Å². The van der Waals surface area contributed by atoms with E-state index in [0.717, 1.165) is 27.9 Å². The average molecular weight is 374 g/mol. The summed E-state index contributed by atoms with van der Waals surface area (Å²) in [6.07, 6.45) is 0.600. The highest BCUT2D eigenvalue weighted by molar-refractivity contribution is 7.99. The molecule has 4 nitrogen and oxygen atoms in total. The molecule has 1 unspecified atom stereocenters. The first-order valence-electron chi connectivity index (χ1n) is 7.41. The lowest BCUT2D eigenvalue weighted by Crippen LogP contribution is -2.40. The molecule has 0 saturated carbocycles. The van der Waals surface area contributed by atoms with E-state index in [-0.39, 0.29) is 6.42 Å². The molecule has 0 aliphatic carbocycles. The molecule has 7 heteroatoms. The number of carboxylic acid groups (broad SMARTS) is 1. The number of nitrogens with one attached hydrogen (secondary N) is 1. The van der Waals surface area contributed by atoms with Crippen LogP contribution in [-0.2, 0) is 21.6 Å². The number of halogens is 2. The van der Waals surface area contributed by atoms with Gasteiger partial charge in [0.2, 0.25) is 0 Å². The second-order valence-corrected chi connectivity index (χ2v) is 7.65. The van der Waals surface area contributed by atoms with E-state index in [1.807, 2.05) is 6.92 Å². The second kappa shape index (κ2) is 6.55. The highest BCUT2D eigenvalue weighted by Gasteiger charge is 2.42. The summed E-state index contributed by atoms with van der Waals surface area (Å²) in [5, 5.41) is 11.5. The summed E-state index contributed by atoms with van der Waals surface area (Å²) in [7, 11) is 0. The minimum Gasteiger partial charge on any atom is -0.481 e. The van der Waals surface area contributed by atoms with Gasteiger partial charge in [0.1, 0.15) is 5.60 Å². The van der Waals surface area contributed by atoms with Crippen molar-refractivity contribution in [1.29, 1.82) is 0 Å². The standard InChI is InChI=1S/C16H17Cl2NO3S/c1-2-23-8-16(7-12(20)21)15-9(5-6-22-16)13-10(17)3-4-11(18)14(13)19-15/h3-4,19H,2,5-8H2,1H3,(H,20,21). The van der Waals surface area contributed by atoms with Gasteiger partial charge in [0.25, 0.3) is 0 Å². The van der Waals surface area contributed by atoms with E-state index in [1.165, 1.54) is 0 Å². The first kappa shape index (κ1) is 17.0. The first-order chi connectivity index (χ1) is 11.0. The van der Waals surface area contributed by atoms with Gasteiger partial charge in [0.15, 0.2) is 0 Å². The molecule has 1 aromatic heterocycles. The lowest BCUT2D eigenvalue weighted by molar-refractivity contribution is -0.146. The zero-order valence-corrected chi connectivity index (χ0v) is 14.9. The largest absolute Gasteiger partial charge is 0.481 e. The lowest BCUT2D eigenvalue weighted by Gasteiger charge is -2.36. The van der Waals surface area contributed by atoms with Crippen LogP contribution in [-0.4, -0.2) is 34.2 Å². The van der Waals surface area contributed by atoms with Crippen LogP contribution in [0.15, 0.2) is 12.1 Å². The third kappa shape index (κ3) is 2.95. The van der Waals surface area contributed by atoms with Gasteiger partial charge in [-0.2, -0.15) is 11.8 Å². The van der Waals surface area contributed by atoms with Crippen LogP contribution in [0.25, 0.3) is 10.9 Å².